The molecule has 3 rings (SSSR count). The third kappa shape index (κ3) is 3.61. The van der Waals surface area contributed by atoms with Gasteiger partial charge in [0.15, 0.2) is 0 Å². The van der Waals surface area contributed by atoms with E-state index in [0.717, 1.165) is 16.4 Å². The monoisotopic (exact) mass is 355 g/mol. The highest BCUT2D eigenvalue weighted by Gasteiger charge is 2.22. The van der Waals surface area contributed by atoms with Crippen molar-refractivity contribution in [3.63, 3.8) is 0 Å². The summed E-state index contributed by atoms with van der Waals surface area (Å²) in [6.45, 7) is 8.21. The Morgan fingerprint density at radius 3 is 2.52 bits per heavy atom. The molecule has 0 fully saturated rings. The van der Waals surface area contributed by atoms with E-state index in [1.165, 1.54) is 11.3 Å². The molecule has 3 aromatic rings. The number of nitrogens with zero attached hydrogens (tertiary/aromatic N) is 4. The average molecular weight is 355 g/mol. The third-order valence-electron chi connectivity index (χ3n) is 3.74. The molecule has 7 heteroatoms. The number of hydrogen-bond donors (Lipinski definition) is 1. The number of rotatable bonds is 4. The van der Waals surface area contributed by atoms with Crippen LogP contribution in [0.4, 0.5) is 5.13 Å². The first-order chi connectivity index (χ1) is 11.9. The molecular formula is C18H21N5OS. The summed E-state index contributed by atoms with van der Waals surface area (Å²) in [5, 5.41) is 16.9. The van der Waals surface area contributed by atoms with Crippen LogP contribution in [-0.4, -0.2) is 25.9 Å². The van der Waals surface area contributed by atoms with Crippen molar-refractivity contribution in [2.75, 3.05) is 5.32 Å². The van der Waals surface area contributed by atoms with E-state index in [-0.39, 0.29) is 11.3 Å². The quantitative estimate of drug-likeness (QED) is 0.772. The van der Waals surface area contributed by atoms with Gasteiger partial charge in [0.1, 0.15) is 5.01 Å². The molecule has 0 saturated carbocycles. The predicted molar refractivity (Wildman–Crippen MR) is 99.5 cm³/mol. The molecule has 2 heterocycles. The number of nitrogens with one attached hydrogen (secondary N) is 1. The summed E-state index contributed by atoms with van der Waals surface area (Å²) < 4.78 is 1.80. The molecule has 0 spiro atoms. The fourth-order valence-electron chi connectivity index (χ4n) is 2.44. The standard InChI is InChI=1S/C18H21N5OS/c1-5-14-13(11-19-23(14)12-9-7-6-8-10-12)15(24)20-17-22-21-16(25-17)18(2,3)4/h6-11H,5H2,1-4H3,(H,20,22,24). The lowest BCUT2D eigenvalue weighted by atomic mass is 9.98. The van der Waals surface area contributed by atoms with E-state index in [2.05, 4.69) is 41.4 Å². The Morgan fingerprint density at radius 1 is 1.20 bits per heavy atom. The van der Waals surface area contributed by atoms with Gasteiger partial charge in [0, 0.05) is 5.41 Å². The minimum atomic E-state index is -0.212. The highest BCUT2D eigenvalue weighted by atomic mass is 32.1. The molecule has 0 aliphatic heterocycles. The van der Waals surface area contributed by atoms with Crippen LogP contribution in [0.5, 0.6) is 0 Å². The molecule has 0 aliphatic rings. The average Bonchev–Trinajstić information content (AvgIpc) is 3.21. The maximum atomic E-state index is 12.7. The topological polar surface area (TPSA) is 72.7 Å². The van der Waals surface area contributed by atoms with Crippen LogP contribution >= 0.6 is 11.3 Å². The van der Waals surface area contributed by atoms with Crippen molar-refractivity contribution >= 4 is 22.4 Å². The zero-order valence-corrected chi connectivity index (χ0v) is 15.6. The lowest BCUT2D eigenvalue weighted by molar-refractivity contribution is 0.102. The number of aromatic nitrogens is 4. The third-order valence-corrected chi connectivity index (χ3v) is 5.00. The number of carbonyl (C=O) groups is 1. The number of anilines is 1. The Labute approximate surface area is 150 Å². The van der Waals surface area contributed by atoms with Crippen LogP contribution in [0.15, 0.2) is 36.5 Å². The van der Waals surface area contributed by atoms with Crippen LogP contribution in [0.3, 0.4) is 0 Å². The maximum Gasteiger partial charge on any atom is 0.260 e. The summed E-state index contributed by atoms with van der Waals surface area (Å²) in [5.41, 5.74) is 2.26. The number of benzene rings is 1. The molecule has 25 heavy (non-hydrogen) atoms. The Bertz CT molecular complexity index is 877. The van der Waals surface area contributed by atoms with Crippen LogP contribution in [0.1, 0.15) is 48.8 Å². The van der Waals surface area contributed by atoms with Gasteiger partial charge < -0.3 is 0 Å². The normalized spacial score (nSPS) is 11.5. The number of hydrogen-bond acceptors (Lipinski definition) is 5. The molecule has 0 aliphatic carbocycles. The minimum Gasteiger partial charge on any atom is -0.296 e. The van der Waals surface area contributed by atoms with E-state index in [0.29, 0.717) is 17.1 Å². The molecule has 130 valence electrons. The molecule has 0 atom stereocenters. The van der Waals surface area contributed by atoms with Crippen LogP contribution in [0.2, 0.25) is 0 Å². The van der Waals surface area contributed by atoms with Gasteiger partial charge in [-0.05, 0) is 18.6 Å². The van der Waals surface area contributed by atoms with Crippen LogP contribution < -0.4 is 5.32 Å². The molecule has 1 aromatic carbocycles. The Hall–Kier alpha value is -2.54. The van der Waals surface area contributed by atoms with Crippen molar-refractivity contribution < 1.29 is 4.79 Å². The molecule has 0 saturated heterocycles. The SMILES string of the molecule is CCc1c(C(=O)Nc2nnc(C(C)(C)C)s2)cnn1-c1ccccc1. The highest BCUT2D eigenvalue weighted by molar-refractivity contribution is 7.15. The van der Waals surface area contributed by atoms with Gasteiger partial charge in [0.2, 0.25) is 5.13 Å². The van der Waals surface area contributed by atoms with Gasteiger partial charge in [-0.2, -0.15) is 5.10 Å². The van der Waals surface area contributed by atoms with Crippen LogP contribution in [-0.2, 0) is 11.8 Å². The van der Waals surface area contributed by atoms with Crippen molar-refractivity contribution in [2.24, 2.45) is 0 Å². The van der Waals surface area contributed by atoms with Gasteiger partial charge in [0.05, 0.1) is 23.1 Å². The smallest absolute Gasteiger partial charge is 0.260 e. The van der Waals surface area contributed by atoms with E-state index in [4.69, 9.17) is 0 Å². The van der Waals surface area contributed by atoms with E-state index in [1.807, 2.05) is 37.3 Å². The van der Waals surface area contributed by atoms with Crippen LogP contribution in [0, 0.1) is 0 Å². The summed E-state index contributed by atoms with van der Waals surface area (Å²) in [6.07, 6.45) is 2.30. The first-order valence-corrected chi connectivity index (χ1v) is 8.99. The fraction of sp³-hybridized carbons (Fsp3) is 0.333. The zero-order chi connectivity index (χ0) is 18.0. The van der Waals surface area contributed by atoms with Crippen molar-refractivity contribution in [3.05, 3.63) is 52.8 Å². The summed E-state index contributed by atoms with van der Waals surface area (Å²) in [5.74, 6) is -0.212. The molecule has 1 amide bonds. The summed E-state index contributed by atoms with van der Waals surface area (Å²) in [7, 11) is 0. The summed E-state index contributed by atoms with van der Waals surface area (Å²) >= 11 is 1.40. The molecule has 6 nitrogen and oxygen atoms in total. The second kappa shape index (κ2) is 6.76. The van der Waals surface area contributed by atoms with Crippen molar-refractivity contribution in [3.8, 4) is 5.69 Å². The highest BCUT2D eigenvalue weighted by Crippen LogP contribution is 2.28. The molecule has 0 unspecified atom stereocenters. The Balaban J connectivity index is 1.86. The minimum absolute atomic E-state index is 0.0899. The largest absolute Gasteiger partial charge is 0.296 e. The van der Waals surface area contributed by atoms with E-state index in [1.54, 1.807) is 10.9 Å². The van der Waals surface area contributed by atoms with Gasteiger partial charge in [-0.3, -0.25) is 10.1 Å². The van der Waals surface area contributed by atoms with Crippen LogP contribution in [0.25, 0.3) is 5.69 Å². The lowest BCUT2D eigenvalue weighted by Crippen LogP contribution is -2.14. The predicted octanol–water partition coefficient (Wildman–Crippen LogP) is 3.84. The molecule has 0 radical (unpaired) electrons. The molecular weight excluding hydrogens is 334 g/mol. The fourth-order valence-corrected chi connectivity index (χ4v) is 3.23. The molecule has 1 N–H and O–H groups in total. The van der Waals surface area contributed by atoms with E-state index < -0.39 is 0 Å². The number of para-hydroxylation sites is 1. The van der Waals surface area contributed by atoms with Gasteiger partial charge in [-0.1, -0.05) is 57.2 Å². The molecule has 0 bridgehead atoms. The van der Waals surface area contributed by atoms with Gasteiger partial charge in [-0.25, -0.2) is 4.68 Å². The maximum absolute atomic E-state index is 12.7. The number of carbonyl (C=O) groups excluding carboxylic acids is 1. The lowest BCUT2D eigenvalue weighted by Gasteiger charge is -2.12. The second-order valence-electron chi connectivity index (χ2n) is 6.72. The van der Waals surface area contributed by atoms with E-state index in [9.17, 15) is 4.79 Å². The Kier molecular flexibility index (Phi) is 4.67. The zero-order valence-electron chi connectivity index (χ0n) is 14.8. The molecule has 2 aromatic heterocycles. The van der Waals surface area contributed by atoms with Crippen molar-refractivity contribution in [1.29, 1.82) is 0 Å². The Morgan fingerprint density at radius 2 is 1.92 bits per heavy atom. The van der Waals surface area contributed by atoms with Gasteiger partial charge in [-0.15, -0.1) is 10.2 Å². The van der Waals surface area contributed by atoms with E-state index >= 15 is 0 Å². The summed E-state index contributed by atoms with van der Waals surface area (Å²) in [4.78, 5) is 12.7. The summed E-state index contributed by atoms with van der Waals surface area (Å²) in [6, 6.07) is 9.79. The number of amides is 1. The second-order valence-corrected chi connectivity index (χ2v) is 7.70. The van der Waals surface area contributed by atoms with Gasteiger partial charge in [0.25, 0.3) is 5.91 Å². The first-order valence-electron chi connectivity index (χ1n) is 8.18. The van der Waals surface area contributed by atoms with Crippen molar-refractivity contribution in [2.45, 2.75) is 39.5 Å². The first kappa shape index (κ1) is 17.3. The van der Waals surface area contributed by atoms with Crippen molar-refractivity contribution in [1.82, 2.24) is 20.0 Å². The van der Waals surface area contributed by atoms with Gasteiger partial charge >= 0.3 is 0 Å².